The van der Waals surface area contributed by atoms with E-state index in [9.17, 15) is 0 Å². The summed E-state index contributed by atoms with van der Waals surface area (Å²) in [4.78, 5) is 8.42. The Morgan fingerprint density at radius 2 is 2.16 bits per heavy atom. The topological polar surface area (TPSA) is 84.8 Å². The molecule has 3 rings (SSSR count). The predicted molar refractivity (Wildman–Crippen MR) is 69.7 cm³/mol. The fourth-order valence-electron chi connectivity index (χ4n) is 2.23. The van der Waals surface area contributed by atoms with Crippen molar-refractivity contribution in [2.24, 2.45) is 0 Å². The van der Waals surface area contributed by atoms with Crippen molar-refractivity contribution in [1.82, 2.24) is 9.97 Å². The number of hydrogen-bond acceptors (Lipinski definition) is 5. The van der Waals surface area contributed by atoms with Crippen LogP contribution in [0.2, 0.25) is 0 Å². The zero-order valence-electron chi connectivity index (χ0n) is 10.3. The summed E-state index contributed by atoms with van der Waals surface area (Å²) in [7, 11) is 0. The summed E-state index contributed by atoms with van der Waals surface area (Å²) in [6, 6.07) is 7.00. The Morgan fingerprint density at radius 3 is 2.95 bits per heavy atom. The van der Waals surface area contributed by atoms with E-state index in [-0.39, 0.29) is 0 Å². The number of rotatable bonds is 2. The Morgan fingerprint density at radius 1 is 1.26 bits per heavy atom. The quantitative estimate of drug-likeness (QED) is 0.828. The summed E-state index contributed by atoms with van der Waals surface area (Å²) in [6.07, 6.45) is 4.49. The van der Waals surface area contributed by atoms with Crippen LogP contribution in [0.1, 0.15) is 23.2 Å². The van der Waals surface area contributed by atoms with E-state index in [2.05, 4.69) is 9.97 Å². The number of benzene rings is 1. The first-order chi connectivity index (χ1) is 9.28. The lowest BCUT2D eigenvalue weighted by molar-refractivity contribution is 0.457. The maximum Gasteiger partial charge on any atom is 0.225 e. The lowest BCUT2D eigenvalue weighted by Gasteiger charge is -2.10. The van der Waals surface area contributed by atoms with Crippen LogP contribution in [0.25, 0.3) is 0 Å². The summed E-state index contributed by atoms with van der Waals surface area (Å²) in [5.41, 5.74) is 8.93. The zero-order chi connectivity index (χ0) is 13.2. The summed E-state index contributed by atoms with van der Waals surface area (Å²) in [6.45, 7) is 0. The van der Waals surface area contributed by atoms with E-state index in [1.807, 2.05) is 6.07 Å². The lowest BCUT2D eigenvalue weighted by Crippen LogP contribution is -1.99. The van der Waals surface area contributed by atoms with Crippen LogP contribution in [0.4, 0.5) is 5.69 Å². The number of aryl methyl sites for hydroxylation is 1. The monoisotopic (exact) mass is 252 g/mol. The van der Waals surface area contributed by atoms with Gasteiger partial charge in [-0.2, -0.15) is 5.26 Å². The van der Waals surface area contributed by atoms with E-state index in [0.29, 0.717) is 22.9 Å². The van der Waals surface area contributed by atoms with Gasteiger partial charge in [-0.1, -0.05) is 0 Å². The van der Waals surface area contributed by atoms with E-state index in [1.54, 1.807) is 18.2 Å². The molecule has 94 valence electrons. The fourth-order valence-corrected chi connectivity index (χ4v) is 2.23. The molecule has 0 aliphatic heterocycles. The van der Waals surface area contributed by atoms with Gasteiger partial charge in [0.1, 0.15) is 6.33 Å². The molecular formula is C14H12N4O. The molecule has 1 heterocycles. The molecule has 2 N–H and O–H groups in total. The third kappa shape index (κ3) is 2.08. The molecule has 0 bridgehead atoms. The molecule has 0 spiro atoms. The second kappa shape index (κ2) is 4.58. The van der Waals surface area contributed by atoms with Gasteiger partial charge in [0.25, 0.3) is 0 Å². The molecule has 5 heteroatoms. The molecule has 1 aliphatic rings. The molecule has 1 aliphatic carbocycles. The molecule has 0 atom stereocenters. The highest BCUT2D eigenvalue weighted by molar-refractivity contribution is 5.57. The van der Waals surface area contributed by atoms with E-state index in [0.717, 1.165) is 30.5 Å². The molecule has 5 nitrogen and oxygen atoms in total. The van der Waals surface area contributed by atoms with Crippen molar-refractivity contribution in [3.05, 3.63) is 41.3 Å². The van der Waals surface area contributed by atoms with Gasteiger partial charge in [0.15, 0.2) is 5.75 Å². The van der Waals surface area contributed by atoms with E-state index >= 15 is 0 Å². The van der Waals surface area contributed by atoms with Crippen LogP contribution in [0.3, 0.4) is 0 Å². The first kappa shape index (κ1) is 11.5. The van der Waals surface area contributed by atoms with Crippen molar-refractivity contribution in [1.29, 1.82) is 5.26 Å². The standard InChI is InChI=1S/C14H12N4O/c15-7-9-4-5-13(11(16)6-9)19-14-10-2-1-3-12(10)17-8-18-14/h4-6,8H,1-3,16H2. The number of nitriles is 1. The average Bonchev–Trinajstić information content (AvgIpc) is 2.90. The molecule has 0 unspecified atom stereocenters. The second-order valence-corrected chi connectivity index (χ2v) is 4.42. The number of nitrogen functional groups attached to an aromatic ring is 1. The van der Waals surface area contributed by atoms with E-state index in [4.69, 9.17) is 15.7 Å². The number of aromatic nitrogens is 2. The Labute approximate surface area is 110 Å². The molecule has 2 aromatic rings. The SMILES string of the molecule is N#Cc1ccc(Oc2ncnc3c2CCC3)c(N)c1. The van der Waals surface area contributed by atoms with Gasteiger partial charge in [-0.15, -0.1) is 0 Å². The van der Waals surface area contributed by atoms with Gasteiger partial charge in [-0.05, 0) is 37.5 Å². The minimum atomic E-state index is 0.435. The van der Waals surface area contributed by atoms with Crippen LogP contribution < -0.4 is 10.5 Å². The van der Waals surface area contributed by atoms with Gasteiger partial charge in [0, 0.05) is 5.56 Å². The number of nitrogens with two attached hydrogens (primary N) is 1. The van der Waals surface area contributed by atoms with Gasteiger partial charge in [0.05, 0.1) is 23.0 Å². The smallest absolute Gasteiger partial charge is 0.225 e. The molecule has 0 amide bonds. The summed E-state index contributed by atoms with van der Waals surface area (Å²) in [5.74, 6) is 1.09. The van der Waals surface area contributed by atoms with E-state index < -0.39 is 0 Å². The normalized spacial score (nSPS) is 12.8. The maximum atomic E-state index is 8.80. The first-order valence-corrected chi connectivity index (χ1v) is 6.08. The highest BCUT2D eigenvalue weighted by atomic mass is 16.5. The number of hydrogen-bond donors (Lipinski definition) is 1. The van der Waals surface area contributed by atoms with Crippen LogP contribution in [-0.2, 0) is 12.8 Å². The van der Waals surface area contributed by atoms with E-state index in [1.165, 1.54) is 6.33 Å². The number of nitrogens with zero attached hydrogens (tertiary/aromatic N) is 3. The zero-order valence-corrected chi connectivity index (χ0v) is 10.3. The Kier molecular flexibility index (Phi) is 2.76. The maximum absolute atomic E-state index is 8.80. The Hall–Kier alpha value is -2.61. The molecule has 0 saturated heterocycles. The van der Waals surface area contributed by atoms with Crippen molar-refractivity contribution < 1.29 is 4.74 Å². The highest BCUT2D eigenvalue weighted by Gasteiger charge is 2.19. The molecule has 1 aromatic carbocycles. The number of fused-ring (bicyclic) bond motifs is 1. The van der Waals surface area contributed by atoms with Gasteiger partial charge in [-0.3, -0.25) is 0 Å². The molecule has 0 saturated carbocycles. The van der Waals surface area contributed by atoms with Crippen LogP contribution in [0.15, 0.2) is 24.5 Å². The van der Waals surface area contributed by atoms with Crippen LogP contribution in [0.5, 0.6) is 11.6 Å². The van der Waals surface area contributed by atoms with Crippen molar-refractivity contribution >= 4 is 5.69 Å². The predicted octanol–water partition coefficient (Wildman–Crippen LogP) is 2.21. The average molecular weight is 252 g/mol. The molecule has 1 aromatic heterocycles. The van der Waals surface area contributed by atoms with Crippen LogP contribution in [-0.4, -0.2) is 9.97 Å². The minimum Gasteiger partial charge on any atom is -0.436 e. The summed E-state index contributed by atoms with van der Waals surface area (Å²) in [5, 5.41) is 8.80. The summed E-state index contributed by atoms with van der Waals surface area (Å²) >= 11 is 0. The Bertz CT molecular complexity index is 676. The fraction of sp³-hybridized carbons (Fsp3) is 0.214. The number of anilines is 1. The third-order valence-corrected chi connectivity index (χ3v) is 3.18. The Balaban J connectivity index is 1.94. The van der Waals surface area contributed by atoms with Crippen molar-refractivity contribution in [3.63, 3.8) is 0 Å². The molecule has 19 heavy (non-hydrogen) atoms. The minimum absolute atomic E-state index is 0.435. The summed E-state index contributed by atoms with van der Waals surface area (Å²) < 4.78 is 5.77. The molecule has 0 radical (unpaired) electrons. The van der Waals surface area contributed by atoms with Gasteiger partial charge in [0.2, 0.25) is 5.88 Å². The molecular weight excluding hydrogens is 240 g/mol. The third-order valence-electron chi connectivity index (χ3n) is 3.18. The second-order valence-electron chi connectivity index (χ2n) is 4.42. The number of ether oxygens (including phenoxy) is 1. The van der Waals surface area contributed by atoms with Crippen molar-refractivity contribution in [3.8, 4) is 17.7 Å². The van der Waals surface area contributed by atoms with Crippen LogP contribution in [0, 0.1) is 11.3 Å². The van der Waals surface area contributed by atoms with Crippen molar-refractivity contribution in [2.45, 2.75) is 19.3 Å². The highest BCUT2D eigenvalue weighted by Crippen LogP contribution is 2.32. The first-order valence-electron chi connectivity index (χ1n) is 6.08. The van der Waals surface area contributed by atoms with Gasteiger partial charge >= 0.3 is 0 Å². The van der Waals surface area contributed by atoms with Crippen LogP contribution >= 0.6 is 0 Å². The van der Waals surface area contributed by atoms with Crippen molar-refractivity contribution in [2.75, 3.05) is 5.73 Å². The van der Waals surface area contributed by atoms with Gasteiger partial charge < -0.3 is 10.5 Å². The lowest BCUT2D eigenvalue weighted by atomic mass is 10.2. The molecule has 0 fully saturated rings. The largest absolute Gasteiger partial charge is 0.436 e. The van der Waals surface area contributed by atoms with Gasteiger partial charge in [-0.25, -0.2) is 9.97 Å².